The molecular formula is C21H24N2O3. The largest absolute Gasteiger partial charge is 0.456 e. The Morgan fingerprint density at radius 1 is 1.12 bits per heavy atom. The van der Waals surface area contributed by atoms with Crippen molar-refractivity contribution in [2.75, 3.05) is 26.7 Å². The number of nitrogens with zero attached hydrogens (tertiary/aromatic N) is 2. The fraction of sp³-hybridized carbons (Fsp3) is 0.429. The summed E-state index contributed by atoms with van der Waals surface area (Å²) in [5.41, 5.74) is 2.45. The van der Waals surface area contributed by atoms with Gasteiger partial charge in [-0.05, 0) is 37.9 Å². The molecule has 2 aliphatic heterocycles. The Hall–Kier alpha value is -2.40. The molecule has 3 heterocycles. The molecule has 3 atom stereocenters. The Bertz CT molecular complexity index is 904. The Morgan fingerprint density at radius 3 is 2.62 bits per heavy atom. The summed E-state index contributed by atoms with van der Waals surface area (Å²) in [7, 11) is 2.17. The zero-order valence-corrected chi connectivity index (χ0v) is 15.4. The lowest BCUT2D eigenvalue weighted by Gasteiger charge is -2.28. The fourth-order valence-electron chi connectivity index (χ4n) is 4.67. The van der Waals surface area contributed by atoms with Gasteiger partial charge in [0.2, 0.25) is 0 Å². The maximum absolute atomic E-state index is 12.9. The highest BCUT2D eigenvalue weighted by Gasteiger charge is 2.47. The first-order valence-electron chi connectivity index (χ1n) is 9.11. The van der Waals surface area contributed by atoms with Crippen molar-refractivity contribution in [3.63, 3.8) is 0 Å². The predicted octanol–water partition coefficient (Wildman–Crippen LogP) is 2.63. The minimum atomic E-state index is -0.186. The van der Waals surface area contributed by atoms with Crippen LogP contribution in [-0.4, -0.2) is 42.4 Å². The molecule has 0 bridgehead atoms. The molecule has 0 aliphatic carbocycles. The van der Waals surface area contributed by atoms with E-state index in [1.807, 2.05) is 4.90 Å². The van der Waals surface area contributed by atoms with Gasteiger partial charge in [-0.3, -0.25) is 14.5 Å². The molecule has 2 aromatic rings. The van der Waals surface area contributed by atoms with Gasteiger partial charge in [0.15, 0.2) is 11.2 Å². The van der Waals surface area contributed by atoms with Crippen LogP contribution in [-0.2, 0) is 0 Å². The standard InChI is InChI=1S/C21H24N2O3/c1-13-6-4-5-7-17(13)20-18-12-23(11-15(18)10-22(20)3)21(25)19-9-16(24)8-14(2)26-19/h4-9,15,18,20H,10-12H2,1-3H3/t15-,18+,20-/m0/s1. The number of hydrogen-bond donors (Lipinski definition) is 0. The van der Waals surface area contributed by atoms with Gasteiger partial charge in [0.05, 0.1) is 0 Å². The average Bonchev–Trinajstić information content (AvgIpc) is 3.11. The van der Waals surface area contributed by atoms with E-state index in [-0.39, 0.29) is 17.1 Å². The molecule has 1 aromatic heterocycles. The molecule has 0 radical (unpaired) electrons. The van der Waals surface area contributed by atoms with E-state index in [0.29, 0.717) is 36.7 Å². The van der Waals surface area contributed by atoms with E-state index < -0.39 is 0 Å². The fourth-order valence-corrected chi connectivity index (χ4v) is 4.67. The summed E-state index contributed by atoms with van der Waals surface area (Å²) in [5, 5.41) is 0. The van der Waals surface area contributed by atoms with Gasteiger partial charge < -0.3 is 9.32 Å². The number of fused-ring (bicyclic) bond motifs is 1. The second-order valence-electron chi connectivity index (χ2n) is 7.64. The molecule has 2 fully saturated rings. The molecule has 26 heavy (non-hydrogen) atoms. The SMILES string of the molecule is Cc1cc(=O)cc(C(=O)N2C[C@@H]3CN(C)[C@@H](c4ccccc4C)[C@@H]3C2)o1. The van der Waals surface area contributed by atoms with Crippen LogP contribution in [0.25, 0.3) is 0 Å². The summed E-state index contributed by atoms with van der Waals surface area (Å²) in [6.07, 6.45) is 0. The third-order valence-electron chi connectivity index (χ3n) is 5.79. The molecule has 0 spiro atoms. The van der Waals surface area contributed by atoms with Crippen LogP contribution < -0.4 is 5.43 Å². The van der Waals surface area contributed by atoms with Crippen molar-refractivity contribution in [3.05, 3.63) is 69.3 Å². The van der Waals surface area contributed by atoms with E-state index in [1.54, 1.807) is 6.92 Å². The number of rotatable bonds is 2. The Morgan fingerprint density at radius 2 is 1.88 bits per heavy atom. The van der Waals surface area contributed by atoms with Crippen molar-refractivity contribution in [3.8, 4) is 0 Å². The summed E-state index contributed by atoms with van der Waals surface area (Å²) in [5.74, 6) is 1.30. The summed E-state index contributed by atoms with van der Waals surface area (Å²) in [6, 6.07) is 11.5. The maximum Gasteiger partial charge on any atom is 0.289 e. The van der Waals surface area contributed by atoms with E-state index in [0.717, 1.165) is 6.54 Å². The number of benzene rings is 1. The number of hydrogen-bond acceptors (Lipinski definition) is 4. The van der Waals surface area contributed by atoms with Crippen LogP contribution in [0.2, 0.25) is 0 Å². The minimum absolute atomic E-state index is 0.149. The molecule has 0 unspecified atom stereocenters. The quantitative estimate of drug-likeness (QED) is 0.834. The van der Waals surface area contributed by atoms with Crippen molar-refractivity contribution < 1.29 is 9.21 Å². The lowest BCUT2D eigenvalue weighted by Crippen LogP contribution is -2.34. The third-order valence-corrected chi connectivity index (χ3v) is 5.79. The zero-order chi connectivity index (χ0) is 18.4. The normalized spacial score (nSPS) is 25.5. The highest BCUT2D eigenvalue weighted by atomic mass is 16.3. The maximum atomic E-state index is 12.9. The zero-order valence-electron chi connectivity index (χ0n) is 15.4. The number of likely N-dealkylation sites (tertiary alicyclic amines) is 2. The highest BCUT2D eigenvalue weighted by molar-refractivity contribution is 5.91. The predicted molar refractivity (Wildman–Crippen MR) is 99.1 cm³/mol. The molecule has 1 aromatic carbocycles. The highest BCUT2D eigenvalue weighted by Crippen LogP contribution is 2.45. The summed E-state index contributed by atoms with van der Waals surface area (Å²) in [4.78, 5) is 28.8. The van der Waals surface area contributed by atoms with Crippen molar-refractivity contribution in [2.24, 2.45) is 11.8 Å². The van der Waals surface area contributed by atoms with Crippen LogP contribution in [0.1, 0.15) is 33.5 Å². The molecule has 1 amide bonds. The lowest BCUT2D eigenvalue weighted by atomic mass is 9.88. The van der Waals surface area contributed by atoms with Crippen molar-refractivity contribution in [2.45, 2.75) is 19.9 Å². The van der Waals surface area contributed by atoms with Crippen LogP contribution in [0, 0.1) is 25.7 Å². The first-order valence-corrected chi connectivity index (χ1v) is 9.11. The van der Waals surface area contributed by atoms with E-state index in [2.05, 4.69) is 43.1 Å². The van der Waals surface area contributed by atoms with Gasteiger partial charge in [0, 0.05) is 43.7 Å². The number of carbonyl (C=O) groups excluding carboxylic acids is 1. The Labute approximate surface area is 153 Å². The minimum Gasteiger partial charge on any atom is -0.456 e. The average molecular weight is 352 g/mol. The molecule has 2 saturated heterocycles. The van der Waals surface area contributed by atoms with Crippen LogP contribution in [0.15, 0.2) is 45.6 Å². The third kappa shape index (κ3) is 2.86. The monoisotopic (exact) mass is 352 g/mol. The smallest absolute Gasteiger partial charge is 0.289 e. The van der Waals surface area contributed by atoms with Crippen molar-refractivity contribution in [1.82, 2.24) is 9.80 Å². The van der Waals surface area contributed by atoms with Crippen LogP contribution in [0.5, 0.6) is 0 Å². The van der Waals surface area contributed by atoms with Gasteiger partial charge in [-0.25, -0.2) is 0 Å². The second kappa shape index (κ2) is 6.40. The van der Waals surface area contributed by atoms with E-state index in [1.165, 1.54) is 23.3 Å². The van der Waals surface area contributed by atoms with E-state index >= 15 is 0 Å². The van der Waals surface area contributed by atoms with Gasteiger partial charge in [-0.2, -0.15) is 0 Å². The molecule has 4 rings (SSSR count). The summed E-state index contributed by atoms with van der Waals surface area (Å²) in [6.45, 7) is 6.24. The van der Waals surface area contributed by atoms with Crippen LogP contribution in [0.4, 0.5) is 0 Å². The van der Waals surface area contributed by atoms with Gasteiger partial charge in [-0.15, -0.1) is 0 Å². The number of amides is 1. The Balaban J connectivity index is 1.59. The first-order chi connectivity index (χ1) is 12.4. The molecule has 5 heteroatoms. The van der Waals surface area contributed by atoms with Gasteiger partial charge in [0.25, 0.3) is 5.91 Å². The number of aryl methyl sites for hydroxylation is 2. The summed E-state index contributed by atoms with van der Waals surface area (Å²) >= 11 is 0. The van der Waals surface area contributed by atoms with Crippen molar-refractivity contribution >= 4 is 5.91 Å². The molecular weight excluding hydrogens is 328 g/mol. The molecule has 2 aliphatic rings. The van der Waals surface area contributed by atoms with Gasteiger partial charge in [0.1, 0.15) is 5.76 Å². The molecule has 0 N–H and O–H groups in total. The first kappa shape index (κ1) is 17.0. The summed E-state index contributed by atoms with van der Waals surface area (Å²) < 4.78 is 5.50. The number of carbonyl (C=O) groups is 1. The Kier molecular flexibility index (Phi) is 4.19. The lowest BCUT2D eigenvalue weighted by molar-refractivity contribution is 0.0731. The van der Waals surface area contributed by atoms with Crippen LogP contribution in [0.3, 0.4) is 0 Å². The van der Waals surface area contributed by atoms with E-state index in [4.69, 9.17) is 4.42 Å². The molecule has 5 nitrogen and oxygen atoms in total. The van der Waals surface area contributed by atoms with Crippen LogP contribution >= 0.6 is 0 Å². The molecule has 136 valence electrons. The second-order valence-corrected chi connectivity index (χ2v) is 7.64. The van der Waals surface area contributed by atoms with E-state index in [9.17, 15) is 9.59 Å². The topological polar surface area (TPSA) is 53.8 Å². The molecule has 0 saturated carbocycles. The van der Waals surface area contributed by atoms with Gasteiger partial charge >= 0.3 is 0 Å². The van der Waals surface area contributed by atoms with Gasteiger partial charge in [-0.1, -0.05) is 24.3 Å². The van der Waals surface area contributed by atoms with Crippen molar-refractivity contribution in [1.29, 1.82) is 0 Å².